The van der Waals surface area contributed by atoms with E-state index in [1.807, 2.05) is 26.0 Å². The predicted molar refractivity (Wildman–Crippen MR) is 66.8 cm³/mol. The second-order valence-electron chi connectivity index (χ2n) is 5.49. The van der Waals surface area contributed by atoms with Gasteiger partial charge in [-0.05, 0) is 30.0 Å². The Morgan fingerprint density at radius 2 is 2.00 bits per heavy atom. The molecule has 1 aromatic carbocycles. The number of Topliss-reactive ketones (excluding diaryl/α,β-unsaturated/α-hetero) is 1. The average molecular weight is 233 g/mol. The monoisotopic (exact) mass is 233 g/mol. The Balaban J connectivity index is 2.06. The lowest BCUT2D eigenvalue weighted by atomic mass is 9.85. The number of hydrogen-bond donors (Lipinski definition) is 2. The number of carbonyl (C=O) groups is 1. The first-order chi connectivity index (χ1) is 7.95. The summed E-state index contributed by atoms with van der Waals surface area (Å²) in [7, 11) is 0. The van der Waals surface area contributed by atoms with Crippen LogP contribution in [0.4, 0.5) is 0 Å². The summed E-state index contributed by atoms with van der Waals surface area (Å²) in [5.74, 6) is 0.949. The molecule has 3 N–H and O–H groups in total. The van der Waals surface area contributed by atoms with Gasteiger partial charge in [0.25, 0.3) is 0 Å². The summed E-state index contributed by atoms with van der Waals surface area (Å²) in [6, 6.07) is 7.12. The zero-order valence-corrected chi connectivity index (χ0v) is 10.3. The van der Waals surface area contributed by atoms with Crippen LogP contribution in [0.25, 0.3) is 0 Å². The Bertz CT molecular complexity index is 422. The van der Waals surface area contributed by atoms with Crippen LogP contribution in [0, 0.1) is 11.3 Å². The minimum Gasteiger partial charge on any atom is -0.508 e. The molecule has 0 heterocycles. The van der Waals surface area contributed by atoms with Crippen molar-refractivity contribution >= 4 is 5.78 Å². The van der Waals surface area contributed by atoms with Crippen molar-refractivity contribution in [2.75, 3.05) is 6.54 Å². The summed E-state index contributed by atoms with van der Waals surface area (Å²) in [5.41, 5.74) is 6.34. The minimum atomic E-state index is -0.420. The molecule has 1 aliphatic carbocycles. The van der Waals surface area contributed by atoms with Crippen molar-refractivity contribution in [2.45, 2.75) is 26.2 Å². The number of nitrogens with two attached hydrogens (primary N) is 1. The number of hydrogen-bond acceptors (Lipinski definition) is 3. The van der Waals surface area contributed by atoms with E-state index >= 15 is 0 Å². The summed E-state index contributed by atoms with van der Waals surface area (Å²) in [6.07, 6.45) is 0.910. The molecule has 0 radical (unpaired) electrons. The summed E-state index contributed by atoms with van der Waals surface area (Å²) in [6.45, 7) is 4.20. The maximum absolute atomic E-state index is 12.2. The first-order valence-corrected chi connectivity index (χ1v) is 5.99. The molecule has 3 heteroatoms. The Morgan fingerprint density at radius 3 is 2.53 bits per heavy atom. The van der Waals surface area contributed by atoms with Crippen molar-refractivity contribution in [3.63, 3.8) is 0 Å². The molecule has 3 nitrogen and oxygen atoms in total. The van der Waals surface area contributed by atoms with Gasteiger partial charge in [-0.2, -0.15) is 0 Å². The van der Waals surface area contributed by atoms with Gasteiger partial charge in [0.05, 0.1) is 0 Å². The molecule has 0 bridgehead atoms. The van der Waals surface area contributed by atoms with Crippen LogP contribution in [-0.4, -0.2) is 17.4 Å². The molecule has 1 aliphatic rings. The van der Waals surface area contributed by atoms with Crippen molar-refractivity contribution in [3.05, 3.63) is 29.8 Å². The highest BCUT2D eigenvalue weighted by molar-refractivity contribution is 5.90. The number of aromatic hydroxyl groups is 1. The molecule has 0 aliphatic heterocycles. The molecule has 0 aromatic heterocycles. The average Bonchev–Trinajstić information content (AvgIpc) is 3.09. The van der Waals surface area contributed by atoms with E-state index in [1.165, 1.54) is 0 Å². The van der Waals surface area contributed by atoms with Gasteiger partial charge < -0.3 is 10.8 Å². The van der Waals surface area contributed by atoms with Gasteiger partial charge in [-0.25, -0.2) is 0 Å². The number of phenols is 1. The molecule has 1 fully saturated rings. The van der Waals surface area contributed by atoms with Crippen LogP contribution >= 0.6 is 0 Å². The molecule has 1 saturated carbocycles. The van der Waals surface area contributed by atoms with E-state index in [4.69, 9.17) is 5.73 Å². The molecule has 0 saturated heterocycles. The Hall–Kier alpha value is -1.35. The van der Waals surface area contributed by atoms with Crippen LogP contribution in [-0.2, 0) is 4.79 Å². The zero-order valence-electron chi connectivity index (χ0n) is 10.3. The second-order valence-corrected chi connectivity index (χ2v) is 5.49. The maximum atomic E-state index is 12.2. The molecule has 17 heavy (non-hydrogen) atoms. The van der Waals surface area contributed by atoms with E-state index in [2.05, 4.69) is 0 Å². The molecule has 0 amide bonds. The van der Waals surface area contributed by atoms with Gasteiger partial charge in [0, 0.05) is 17.9 Å². The summed E-state index contributed by atoms with van der Waals surface area (Å²) >= 11 is 0. The van der Waals surface area contributed by atoms with E-state index in [-0.39, 0.29) is 17.5 Å². The number of rotatable bonds is 4. The van der Waals surface area contributed by atoms with E-state index in [1.54, 1.807) is 12.1 Å². The third-order valence-electron chi connectivity index (χ3n) is 3.63. The van der Waals surface area contributed by atoms with Gasteiger partial charge >= 0.3 is 0 Å². The van der Waals surface area contributed by atoms with Crippen LogP contribution < -0.4 is 5.73 Å². The van der Waals surface area contributed by atoms with E-state index < -0.39 is 5.41 Å². The summed E-state index contributed by atoms with van der Waals surface area (Å²) in [4.78, 5) is 12.2. The quantitative estimate of drug-likeness (QED) is 0.836. The molecular weight excluding hydrogens is 214 g/mol. The van der Waals surface area contributed by atoms with Crippen LogP contribution in [0.2, 0.25) is 0 Å². The fraction of sp³-hybridized carbons (Fsp3) is 0.500. The number of phenolic OH excluding ortho intramolecular Hbond substituents is 1. The van der Waals surface area contributed by atoms with Crippen molar-refractivity contribution in [2.24, 2.45) is 17.1 Å². The number of ketones is 1. The van der Waals surface area contributed by atoms with Crippen molar-refractivity contribution in [3.8, 4) is 5.75 Å². The topological polar surface area (TPSA) is 63.3 Å². The molecule has 2 atom stereocenters. The standard InChI is InChI=1S/C14H19NO2/c1-14(2,8-15)13(17)12-7-11(12)9-3-5-10(16)6-4-9/h3-6,11-12,16H,7-8,15H2,1-2H3. The first kappa shape index (κ1) is 12.1. The number of carbonyl (C=O) groups excluding carboxylic acids is 1. The van der Waals surface area contributed by atoms with E-state index in [0.29, 0.717) is 12.5 Å². The lowest BCUT2D eigenvalue weighted by Gasteiger charge is -2.20. The molecular formula is C14H19NO2. The largest absolute Gasteiger partial charge is 0.508 e. The van der Waals surface area contributed by atoms with Crippen molar-refractivity contribution < 1.29 is 9.90 Å². The molecule has 2 rings (SSSR count). The van der Waals surface area contributed by atoms with Crippen molar-refractivity contribution in [1.82, 2.24) is 0 Å². The lowest BCUT2D eigenvalue weighted by Crippen LogP contribution is -2.34. The lowest BCUT2D eigenvalue weighted by molar-refractivity contribution is -0.128. The molecule has 0 spiro atoms. The zero-order chi connectivity index (χ0) is 12.6. The minimum absolute atomic E-state index is 0.109. The van der Waals surface area contributed by atoms with Gasteiger partial charge in [0.2, 0.25) is 0 Å². The van der Waals surface area contributed by atoms with E-state index in [9.17, 15) is 9.90 Å². The van der Waals surface area contributed by atoms with Crippen LogP contribution in [0.5, 0.6) is 5.75 Å². The molecule has 92 valence electrons. The summed E-state index contributed by atoms with van der Waals surface area (Å²) in [5, 5.41) is 9.22. The maximum Gasteiger partial charge on any atom is 0.143 e. The third-order valence-corrected chi connectivity index (χ3v) is 3.63. The Morgan fingerprint density at radius 1 is 1.41 bits per heavy atom. The second kappa shape index (κ2) is 4.15. The fourth-order valence-electron chi connectivity index (χ4n) is 2.18. The fourth-order valence-corrected chi connectivity index (χ4v) is 2.18. The van der Waals surface area contributed by atoms with Crippen LogP contribution in [0.15, 0.2) is 24.3 Å². The normalized spacial score (nSPS) is 23.5. The van der Waals surface area contributed by atoms with Crippen LogP contribution in [0.1, 0.15) is 31.7 Å². The van der Waals surface area contributed by atoms with E-state index in [0.717, 1.165) is 12.0 Å². The van der Waals surface area contributed by atoms with Gasteiger partial charge in [-0.15, -0.1) is 0 Å². The highest BCUT2D eigenvalue weighted by Gasteiger charge is 2.48. The highest BCUT2D eigenvalue weighted by Crippen LogP contribution is 2.50. The van der Waals surface area contributed by atoms with Gasteiger partial charge in [-0.3, -0.25) is 4.79 Å². The van der Waals surface area contributed by atoms with Gasteiger partial charge in [0.15, 0.2) is 0 Å². The molecule has 2 unspecified atom stereocenters. The van der Waals surface area contributed by atoms with Gasteiger partial charge in [-0.1, -0.05) is 26.0 Å². The molecule has 1 aromatic rings. The third kappa shape index (κ3) is 2.34. The predicted octanol–water partition coefficient (Wildman–Crippen LogP) is 2.05. The first-order valence-electron chi connectivity index (χ1n) is 5.99. The number of benzene rings is 1. The SMILES string of the molecule is CC(C)(CN)C(=O)C1CC1c1ccc(O)cc1. The van der Waals surface area contributed by atoms with Crippen molar-refractivity contribution in [1.29, 1.82) is 0 Å². The van der Waals surface area contributed by atoms with Gasteiger partial charge in [0.1, 0.15) is 11.5 Å². The van der Waals surface area contributed by atoms with Crippen LogP contribution in [0.3, 0.4) is 0 Å². The smallest absolute Gasteiger partial charge is 0.143 e. The summed E-state index contributed by atoms with van der Waals surface area (Å²) < 4.78 is 0. The Labute approximate surface area is 102 Å². The highest BCUT2D eigenvalue weighted by atomic mass is 16.3. The Kier molecular flexibility index (Phi) is 2.96.